The predicted molar refractivity (Wildman–Crippen MR) is 119 cm³/mol. The summed E-state index contributed by atoms with van der Waals surface area (Å²) >= 11 is 0. The van der Waals surface area contributed by atoms with Crippen LogP contribution in [-0.4, -0.2) is 40.4 Å². The van der Waals surface area contributed by atoms with E-state index in [0.717, 1.165) is 24.6 Å². The monoisotopic (exact) mass is 399 g/mol. The minimum Gasteiger partial charge on any atom is -0.493 e. The van der Waals surface area contributed by atoms with Gasteiger partial charge in [-0.15, -0.1) is 0 Å². The SMILES string of the molecule is CCNC(=NCc1ccc(OC)c(OC)c1OC)NCC(C)c1cccc(C)c1. The summed E-state index contributed by atoms with van der Waals surface area (Å²) in [5.74, 6) is 2.99. The topological polar surface area (TPSA) is 64.1 Å². The number of nitrogens with zero attached hydrogens (tertiary/aromatic N) is 1. The molecule has 0 radical (unpaired) electrons. The lowest BCUT2D eigenvalue weighted by Gasteiger charge is -2.17. The quantitative estimate of drug-likeness (QED) is 0.495. The zero-order valence-corrected chi connectivity index (χ0v) is 18.3. The molecule has 0 amide bonds. The second-order valence-corrected chi connectivity index (χ2v) is 6.88. The van der Waals surface area contributed by atoms with Crippen LogP contribution in [0.25, 0.3) is 0 Å². The Bertz CT molecular complexity index is 821. The van der Waals surface area contributed by atoms with Gasteiger partial charge >= 0.3 is 0 Å². The number of aryl methyl sites for hydroxylation is 1. The molecule has 29 heavy (non-hydrogen) atoms. The smallest absolute Gasteiger partial charge is 0.203 e. The first kappa shape index (κ1) is 22.4. The van der Waals surface area contributed by atoms with Crippen molar-refractivity contribution in [3.63, 3.8) is 0 Å². The van der Waals surface area contributed by atoms with Gasteiger partial charge in [-0.2, -0.15) is 0 Å². The minimum absolute atomic E-state index is 0.370. The number of nitrogens with one attached hydrogen (secondary N) is 2. The van der Waals surface area contributed by atoms with Gasteiger partial charge in [-0.1, -0.05) is 36.8 Å². The number of aliphatic imine (C=N–C) groups is 1. The van der Waals surface area contributed by atoms with Crippen molar-refractivity contribution in [2.75, 3.05) is 34.4 Å². The van der Waals surface area contributed by atoms with Crippen molar-refractivity contribution in [1.29, 1.82) is 0 Å². The van der Waals surface area contributed by atoms with Crippen molar-refractivity contribution in [3.05, 3.63) is 53.1 Å². The summed E-state index contributed by atoms with van der Waals surface area (Å²) in [6, 6.07) is 12.4. The molecule has 2 aromatic rings. The van der Waals surface area contributed by atoms with Crippen LogP contribution < -0.4 is 24.8 Å². The number of hydrogen-bond acceptors (Lipinski definition) is 4. The number of guanidine groups is 1. The lowest BCUT2D eigenvalue weighted by Crippen LogP contribution is -2.39. The zero-order chi connectivity index (χ0) is 21.2. The number of hydrogen-bond donors (Lipinski definition) is 2. The second kappa shape index (κ2) is 11.2. The van der Waals surface area contributed by atoms with Crippen LogP contribution in [0, 0.1) is 6.92 Å². The molecule has 0 fully saturated rings. The molecule has 158 valence electrons. The van der Waals surface area contributed by atoms with Gasteiger partial charge in [0.15, 0.2) is 17.5 Å². The van der Waals surface area contributed by atoms with Crippen molar-refractivity contribution < 1.29 is 14.2 Å². The standard InChI is InChI=1S/C23H33N3O3/c1-7-24-23(25-14-17(3)18-10-8-9-16(2)13-18)26-15-19-11-12-20(27-4)22(29-6)21(19)28-5/h8-13,17H,7,14-15H2,1-6H3,(H2,24,25,26). The number of ether oxygens (including phenoxy) is 3. The van der Waals surface area contributed by atoms with Crippen LogP contribution >= 0.6 is 0 Å². The second-order valence-electron chi connectivity index (χ2n) is 6.88. The van der Waals surface area contributed by atoms with E-state index in [1.54, 1.807) is 21.3 Å². The molecule has 2 rings (SSSR count). The Labute approximate surface area is 174 Å². The lowest BCUT2D eigenvalue weighted by atomic mass is 9.99. The summed E-state index contributed by atoms with van der Waals surface area (Å²) in [6.45, 7) is 8.41. The first-order chi connectivity index (χ1) is 14.0. The van der Waals surface area contributed by atoms with Gasteiger partial charge in [-0.25, -0.2) is 4.99 Å². The molecule has 0 heterocycles. The molecule has 0 saturated carbocycles. The van der Waals surface area contributed by atoms with E-state index in [4.69, 9.17) is 19.2 Å². The Morgan fingerprint density at radius 1 is 1.00 bits per heavy atom. The first-order valence-electron chi connectivity index (χ1n) is 9.90. The fraction of sp³-hybridized carbons (Fsp3) is 0.435. The normalized spacial score (nSPS) is 12.3. The van der Waals surface area contributed by atoms with Crippen LogP contribution in [0.5, 0.6) is 17.2 Å². The van der Waals surface area contributed by atoms with Gasteiger partial charge in [-0.05, 0) is 37.5 Å². The molecule has 0 aromatic heterocycles. The minimum atomic E-state index is 0.370. The molecule has 6 heteroatoms. The van der Waals surface area contributed by atoms with Crippen molar-refractivity contribution >= 4 is 5.96 Å². The Hall–Kier alpha value is -2.89. The van der Waals surface area contributed by atoms with E-state index in [-0.39, 0.29) is 0 Å². The third-order valence-corrected chi connectivity index (χ3v) is 4.72. The zero-order valence-electron chi connectivity index (χ0n) is 18.3. The molecule has 0 spiro atoms. The van der Waals surface area contributed by atoms with E-state index in [2.05, 4.69) is 55.7 Å². The Balaban J connectivity index is 2.13. The molecule has 2 aromatic carbocycles. The summed E-state index contributed by atoms with van der Waals surface area (Å²) in [7, 11) is 4.83. The molecular weight excluding hydrogens is 366 g/mol. The van der Waals surface area contributed by atoms with Crippen molar-refractivity contribution in [1.82, 2.24) is 10.6 Å². The Morgan fingerprint density at radius 3 is 2.38 bits per heavy atom. The molecule has 0 bridgehead atoms. The number of methoxy groups -OCH3 is 3. The number of rotatable bonds is 9. The largest absolute Gasteiger partial charge is 0.493 e. The number of benzene rings is 2. The van der Waals surface area contributed by atoms with Crippen molar-refractivity contribution in [2.45, 2.75) is 33.2 Å². The lowest BCUT2D eigenvalue weighted by molar-refractivity contribution is 0.322. The molecule has 6 nitrogen and oxygen atoms in total. The summed E-state index contributed by atoms with van der Waals surface area (Å²) in [4.78, 5) is 4.72. The highest BCUT2D eigenvalue weighted by molar-refractivity contribution is 5.79. The molecule has 0 aliphatic heterocycles. The molecule has 1 unspecified atom stereocenters. The molecular formula is C23H33N3O3. The van der Waals surface area contributed by atoms with Crippen LogP contribution in [0.3, 0.4) is 0 Å². The average molecular weight is 400 g/mol. The third-order valence-electron chi connectivity index (χ3n) is 4.72. The van der Waals surface area contributed by atoms with Crippen LogP contribution in [0.2, 0.25) is 0 Å². The molecule has 2 N–H and O–H groups in total. The molecule has 1 atom stereocenters. The van der Waals surface area contributed by atoms with Crippen molar-refractivity contribution in [2.24, 2.45) is 4.99 Å². The van der Waals surface area contributed by atoms with E-state index < -0.39 is 0 Å². The fourth-order valence-corrected chi connectivity index (χ4v) is 3.14. The summed E-state index contributed by atoms with van der Waals surface area (Å²) in [5.41, 5.74) is 3.51. The first-order valence-corrected chi connectivity index (χ1v) is 9.90. The summed E-state index contributed by atoms with van der Waals surface area (Å²) in [5, 5.41) is 6.74. The van der Waals surface area contributed by atoms with Gasteiger partial charge in [0, 0.05) is 18.7 Å². The van der Waals surface area contributed by atoms with E-state index in [1.807, 2.05) is 12.1 Å². The van der Waals surface area contributed by atoms with Gasteiger partial charge in [0.2, 0.25) is 5.75 Å². The third kappa shape index (κ3) is 6.04. The Kier molecular flexibility index (Phi) is 8.65. The maximum atomic E-state index is 5.55. The fourth-order valence-electron chi connectivity index (χ4n) is 3.14. The van der Waals surface area contributed by atoms with Crippen LogP contribution in [0.1, 0.15) is 36.5 Å². The highest BCUT2D eigenvalue weighted by atomic mass is 16.5. The van der Waals surface area contributed by atoms with Gasteiger partial charge < -0.3 is 24.8 Å². The highest BCUT2D eigenvalue weighted by Crippen LogP contribution is 2.39. The Morgan fingerprint density at radius 2 is 1.76 bits per heavy atom. The van der Waals surface area contributed by atoms with Crippen LogP contribution in [-0.2, 0) is 6.54 Å². The average Bonchev–Trinajstić information content (AvgIpc) is 2.74. The van der Waals surface area contributed by atoms with E-state index in [1.165, 1.54) is 11.1 Å². The summed E-state index contributed by atoms with van der Waals surface area (Å²) in [6.07, 6.45) is 0. The molecule has 0 saturated heterocycles. The highest BCUT2D eigenvalue weighted by Gasteiger charge is 2.15. The van der Waals surface area contributed by atoms with E-state index >= 15 is 0 Å². The molecule has 0 aliphatic rings. The van der Waals surface area contributed by atoms with E-state index in [0.29, 0.717) is 29.7 Å². The van der Waals surface area contributed by atoms with Gasteiger partial charge in [0.05, 0.1) is 27.9 Å². The maximum Gasteiger partial charge on any atom is 0.203 e. The van der Waals surface area contributed by atoms with Gasteiger partial charge in [0.25, 0.3) is 0 Å². The van der Waals surface area contributed by atoms with Crippen LogP contribution in [0.15, 0.2) is 41.4 Å². The predicted octanol–water partition coefficient (Wildman–Crippen LogP) is 3.88. The molecule has 0 aliphatic carbocycles. The maximum absolute atomic E-state index is 5.55. The summed E-state index contributed by atoms with van der Waals surface area (Å²) < 4.78 is 16.4. The van der Waals surface area contributed by atoms with Gasteiger partial charge in [0.1, 0.15) is 0 Å². The van der Waals surface area contributed by atoms with Gasteiger partial charge in [-0.3, -0.25) is 0 Å². The van der Waals surface area contributed by atoms with Crippen molar-refractivity contribution in [3.8, 4) is 17.2 Å². The van der Waals surface area contributed by atoms with E-state index in [9.17, 15) is 0 Å². The van der Waals surface area contributed by atoms with Crippen LogP contribution in [0.4, 0.5) is 0 Å².